The van der Waals surface area contributed by atoms with Crippen molar-refractivity contribution in [2.45, 2.75) is 19.8 Å². The first-order valence-electron chi connectivity index (χ1n) is 10.8. The first-order valence-corrected chi connectivity index (χ1v) is 11.6. The number of hydrogen-bond acceptors (Lipinski definition) is 4. The number of pyridine rings is 2. The van der Waals surface area contributed by atoms with Crippen LogP contribution in [0, 0.1) is 17.5 Å². The Labute approximate surface area is 212 Å². The van der Waals surface area contributed by atoms with Gasteiger partial charge in [0, 0.05) is 46.6 Å². The monoisotopic (exact) mass is 559 g/mol. The molecule has 0 fully saturated rings. The third-order valence-electron chi connectivity index (χ3n) is 5.44. The van der Waals surface area contributed by atoms with Crippen molar-refractivity contribution in [3.63, 3.8) is 0 Å². The topological polar surface area (TPSA) is 88.0 Å². The van der Waals surface area contributed by atoms with Crippen molar-refractivity contribution in [1.82, 2.24) is 9.55 Å². The molecular formula is C25H21BrF3N5O2. The smallest absolute Gasteiger partial charge is 0.323 e. The number of fused-ring (bicyclic) bond motifs is 1. The van der Waals surface area contributed by atoms with Gasteiger partial charge in [-0.15, -0.1) is 0 Å². The van der Waals surface area contributed by atoms with Gasteiger partial charge < -0.3 is 16.0 Å². The molecule has 186 valence electrons. The van der Waals surface area contributed by atoms with Gasteiger partial charge in [-0.2, -0.15) is 0 Å². The predicted molar refractivity (Wildman–Crippen MR) is 138 cm³/mol. The zero-order chi connectivity index (χ0) is 26.1. The van der Waals surface area contributed by atoms with Gasteiger partial charge in [0.1, 0.15) is 23.3 Å². The van der Waals surface area contributed by atoms with E-state index in [2.05, 4.69) is 36.9 Å². The van der Waals surface area contributed by atoms with Crippen LogP contribution in [0.3, 0.4) is 0 Å². The van der Waals surface area contributed by atoms with Gasteiger partial charge in [-0.25, -0.2) is 22.9 Å². The Morgan fingerprint density at radius 3 is 2.36 bits per heavy atom. The number of carbonyl (C=O) groups is 1. The van der Waals surface area contributed by atoms with Gasteiger partial charge in [-0.05, 0) is 57.6 Å². The number of aromatic nitrogens is 2. The van der Waals surface area contributed by atoms with Crippen molar-refractivity contribution in [3.05, 3.63) is 86.6 Å². The molecule has 0 saturated carbocycles. The standard InChI is InChI=1S/C25H21BrF3N5O2/c1-12(2)23-17-7-22(30-3)31-10-13(17)11-34(24(23)35)21-9-20(19(29)8-18(21)26)33-25(36)32-16-5-14(27)4-15(28)6-16/h4-12,30H,1-3H3,(H2,32,33,36). The average Bonchev–Trinajstić information content (AvgIpc) is 2.79. The van der Waals surface area contributed by atoms with Crippen LogP contribution in [0.25, 0.3) is 16.5 Å². The van der Waals surface area contributed by atoms with E-state index in [4.69, 9.17) is 0 Å². The van der Waals surface area contributed by atoms with Crippen molar-refractivity contribution in [2.24, 2.45) is 0 Å². The molecule has 0 saturated heterocycles. The van der Waals surface area contributed by atoms with E-state index in [1.807, 2.05) is 13.8 Å². The number of nitrogens with one attached hydrogen (secondary N) is 3. The molecule has 0 spiro atoms. The summed E-state index contributed by atoms with van der Waals surface area (Å²) in [6.07, 6.45) is 3.22. The fourth-order valence-electron chi connectivity index (χ4n) is 3.85. The maximum atomic E-state index is 14.7. The molecule has 4 aromatic rings. The Hall–Kier alpha value is -3.86. The minimum Gasteiger partial charge on any atom is -0.373 e. The van der Waals surface area contributed by atoms with Gasteiger partial charge in [0.2, 0.25) is 0 Å². The molecule has 0 aliphatic rings. The molecule has 36 heavy (non-hydrogen) atoms. The van der Waals surface area contributed by atoms with Crippen molar-refractivity contribution in [1.29, 1.82) is 0 Å². The summed E-state index contributed by atoms with van der Waals surface area (Å²) >= 11 is 3.30. The number of benzene rings is 2. The molecule has 4 rings (SSSR count). The second kappa shape index (κ2) is 10.0. The van der Waals surface area contributed by atoms with E-state index in [-0.39, 0.29) is 33.0 Å². The van der Waals surface area contributed by atoms with E-state index in [1.165, 1.54) is 10.6 Å². The largest absolute Gasteiger partial charge is 0.373 e. The summed E-state index contributed by atoms with van der Waals surface area (Å²) < 4.78 is 43.2. The van der Waals surface area contributed by atoms with Crippen LogP contribution >= 0.6 is 15.9 Å². The zero-order valence-electron chi connectivity index (χ0n) is 19.4. The maximum Gasteiger partial charge on any atom is 0.323 e. The van der Waals surface area contributed by atoms with Crippen LogP contribution in [-0.2, 0) is 0 Å². The van der Waals surface area contributed by atoms with Crippen LogP contribution in [0.15, 0.2) is 58.1 Å². The molecule has 2 amide bonds. The summed E-state index contributed by atoms with van der Waals surface area (Å²) in [5.41, 5.74) is 0.106. The average molecular weight is 560 g/mol. The molecule has 11 heteroatoms. The lowest BCUT2D eigenvalue weighted by Gasteiger charge is -2.17. The Balaban J connectivity index is 1.77. The molecule has 2 aromatic heterocycles. The lowest BCUT2D eigenvalue weighted by atomic mass is 9.99. The molecule has 7 nitrogen and oxygen atoms in total. The van der Waals surface area contributed by atoms with Crippen molar-refractivity contribution in [2.75, 3.05) is 23.0 Å². The fourth-order valence-corrected chi connectivity index (χ4v) is 4.35. The first kappa shape index (κ1) is 25.2. The molecule has 3 N–H and O–H groups in total. The minimum atomic E-state index is -0.926. The number of amides is 2. The molecule has 0 bridgehead atoms. The Bertz CT molecular complexity index is 1540. The third-order valence-corrected chi connectivity index (χ3v) is 6.08. The van der Waals surface area contributed by atoms with Crippen molar-refractivity contribution in [3.8, 4) is 5.69 Å². The second-order valence-electron chi connectivity index (χ2n) is 8.30. The van der Waals surface area contributed by atoms with Crippen LogP contribution in [0.2, 0.25) is 0 Å². The predicted octanol–water partition coefficient (Wildman–Crippen LogP) is 6.37. The summed E-state index contributed by atoms with van der Waals surface area (Å²) in [5.74, 6) is -2.07. The highest BCUT2D eigenvalue weighted by Gasteiger charge is 2.19. The number of carbonyl (C=O) groups excluding carboxylic acids is 1. The van der Waals surface area contributed by atoms with Gasteiger partial charge in [0.15, 0.2) is 0 Å². The summed E-state index contributed by atoms with van der Waals surface area (Å²) in [6.45, 7) is 3.79. The van der Waals surface area contributed by atoms with E-state index in [9.17, 15) is 22.8 Å². The zero-order valence-corrected chi connectivity index (χ0v) is 21.0. The highest BCUT2D eigenvalue weighted by Crippen LogP contribution is 2.30. The van der Waals surface area contributed by atoms with Crippen molar-refractivity contribution < 1.29 is 18.0 Å². The summed E-state index contributed by atoms with van der Waals surface area (Å²) in [6, 6.07) is 5.76. The molecule has 0 radical (unpaired) electrons. The lowest BCUT2D eigenvalue weighted by Crippen LogP contribution is -2.24. The maximum absolute atomic E-state index is 14.7. The lowest BCUT2D eigenvalue weighted by molar-refractivity contribution is 0.262. The van der Waals surface area contributed by atoms with E-state index >= 15 is 0 Å². The normalized spacial score (nSPS) is 11.1. The number of urea groups is 1. The Morgan fingerprint density at radius 1 is 1.03 bits per heavy atom. The summed E-state index contributed by atoms with van der Waals surface area (Å²) in [5, 5.41) is 8.96. The highest BCUT2D eigenvalue weighted by molar-refractivity contribution is 9.10. The number of halogens is 4. The van der Waals surface area contributed by atoms with E-state index in [0.29, 0.717) is 22.8 Å². The van der Waals surface area contributed by atoms with E-state index in [0.717, 1.165) is 23.6 Å². The number of rotatable bonds is 5. The molecule has 0 aliphatic carbocycles. The number of hydrogen-bond donors (Lipinski definition) is 3. The third kappa shape index (κ3) is 5.06. The van der Waals surface area contributed by atoms with Gasteiger partial charge in [-0.1, -0.05) is 13.8 Å². The van der Waals surface area contributed by atoms with E-state index < -0.39 is 23.5 Å². The quantitative estimate of drug-likeness (QED) is 0.265. The van der Waals surface area contributed by atoms with Gasteiger partial charge in [0.05, 0.1) is 11.4 Å². The highest BCUT2D eigenvalue weighted by atomic mass is 79.9. The summed E-state index contributed by atoms with van der Waals surface area (Å²) in [4.78, 5) is 30.3. The van der Waals surface area contributed by atoms with Gasteiger partial charge >= 0.3 is 6.03 Å². The molecule has 0 unspecified atom stereocenters. The van der Waals surface area contributed by atoms with Gasteiger partial charge in [-0.3, -0.25) is 9.36 Å². The SMILES string of the molecule is CNc1cc2c(C(C)C)c(=O)n(-c3cc(NC(=O)Nc4cc(F)cc(F)c4)c(F)cc3Br)cc2cn1. The molecular weight excluding hydrogens is 539 g/mol. The van der Waals surface area contributed by atoms with Crippen LogP contribution in [0.1, 0.15) is 25.3 Å². The summed E-state index contributed by atoms with van der Waals surface area (Å²) in [7, 11) is 1.73. The van der Waals surface area contributed by atoms with Crippen molar-refractivity contribution >= 4 is 49.9 Å². The molecule has 0 aliphatic heterocycles. The first-order chi connectivity index (χ1) is 17.1. The van der Waals surface area contributed by atoms with Gasteiger partial charge in [0.25, 0.3) is 5.56 Å². The number of nitrogens with zero attached hydrogens (tertiary/aromatic N) is 2. The molecule has 0 atom stereocenters. The Morgan fingerprint density at radius 2 is 1.72 bits per heavy atom. The second-order valence-corrected chi connectivity index (χ2v) is 9.15. The number of anilines is 3. The fraction of sp³-hybridized carbons (Fsp3) is 0.160. The van der Waals surface area contributed by atoms with Crippen LogP contribution < -0.4 is 21.5 Å². The molecule has 2 aromatic carbocycles. The van der Waals surface area contributed by atoms with Crippen LogP contribution in [-0.4, -0.2) is 22.6 Å². The molecule has 2 heterocycles. The van der Waals surface area contributed by atoms with Crippen LogP contribution in [0.4, 0.5) is 35.2 Å². The minimum absolute atomic E-state index is 0.131. The Kier molecular flexibility index (Phi) is 7.02. The van der Waals surface area contributed by atoms with Crippen LogP contribution in [0.5, 0.6) is 0 Å². The van der Waals surface area contributed by atoms with E-state index in [1.54, 1.807) is 25.5 Å².